The van der Waals surface area contributed by atoms with Gasteiger partial charge >= 0.3 is 0 Å². The molecule has 0 saturated heterocycles. The molecule has 1 heterocycles. The van der Waals surface area contributed by atoms with Crippen molar-refractivity contribution in [2.45, 2.75) is 26.8 Å². The maximum absolute atomic E-state index is 13.6. The molecule has 0 atom stereocenters. The monoisotopic (exact) mass is 264 g/mol. The standard InChI is InChI=1S/C14H14F2N2O/c1-3-9-8-12(18(4-2)17-9)14(19)10-6-5-7-11(15)13(10)16/h5-8H,3-4H2,1-2H3. The number of aryl methyl sites for hydroxylation is 2. The number of rotatable bonds is 4. The Hall–Kier alpha value is -2.04. The summed E-state index contributed by atoms with van der Waals surface area (Å²) in [5.41, 5.74) is 0.767. The molecule has 0 aliphatic rings. The molecule has 100 valence electrons. The van der Waals surface area contributed by atoms with Gasteiger partial charge in [-0.25, -0.2) is 8.78 Å². The van der Waals surface area contributed by atoms with Gasteiger partial charge in [-0.15, -0.1) is 0 Å². The SMILES string of the molecule is CCc1cc(C(=O)c2cccc(F)c2F)n(CC)n1. The van der Waals surface area contributed by atoms with Crippen LogP contribution in [0.3, 0.4) is 0 Å². The molecule has 2 aromatic rings. The minimum Gasteiger partial charge on any atom is -0.287 e. The highest BCUT2D eigenvalue weighted by Gasteiger charge is 2.20. The first-order chi connectivity index (χ1) is 9.08. The van der Waals surface area contributed by atoms with Crippen molar-refractivity contribution in [3.8, 4) is 0 Å². The predicted octanol–water partition coefficient (Wildman–Crippen LogP) is 2.97. The second kappa shape index (κ2) is 5.30. The molecular weight excluding hydrogens is 250 g/mol. The van der Waals surface area contributed by atoms with E-state index in [-0.39, 0.29) is 11.3 Å². The zero-order chi connectivity index (χ0) is 14.0. The first kappa shape index (κ1) is 13.4. The normalized spacial score (nSPS) is 10.7. The Morgan fingerprint density at radius 2 is 2.05 bits per heavy atom. The summed E-state index contributed by atoms with van der Waals surface area (Å²) < 4.78 is 28.3. The Morgan fingerprint density at radius 1 is 1.32 bits per heavy atom. The van der Waals surface area contributed by atoms with E-state index >= 15 is 0 Å². The van der Waals surface area contributed by atoms with Crippen molar-refractivity contribution in [3.05, 3.63) is 52.9 Å². The molecule has 0 fully saturated rings. The second-order valence-electron chi connectivity index (χ2n) is 4.12. The van der Waals surface area contributed by atoms with Gasteiger partial charge in [0.25, 0.3) is 0 Å². The van der Waals surface area contributed by atoms with Gasteiger partial charge in [0.15, 0.2) is 11.6 Å². The van der Waals surface area contributed by atoms with E-state index in [0.717, 1.165) is 11.8 Å². The van der Waals surface area contributed by atoms with Gasteiger partial charge in [-0.1, -0.05) is 13.0 Å². The van der Waals surface area contributed by atoms with Crippen LogP contribution in [-0.2, 0) is 13.0 Å². The van der Waals surface area contributed by atoms with Gasteiger partial charge in [0, 0.05) is 6.54 Å². The van der Waals surface area contributed by atoms with Crippen LogP contribution in [0.4, 0.5) is 8.78 Å². The van der Waals surface area contributed by atoms with E-state index in [9.17, 15) is 13.6 Å². The maximum atomic E-state index is 13.6. The molecular formula is C14H14F2N2O. The van der Waals surface area contributed by atoms with Crippen LogP contribution in [0.2, 0.25) is 0 Å². The predicted molar refractivity (Wildman–Crippen MR) is 67.1 cm³/mol. The van der Waals surface area contributed by atoms with Crippen molar-refractivity contribution >= 4 is 5.78 Å². The summed E-state index contributed by atoms with van der Waals surface area (Å²) in [6.07, 6.45) is 0.679. The molecule has 0 N–H and O–H groups in total. The van der Waals surface area contributed by atoms with Gasteiger partial charge in [-0.2, -0.15) is 5.10 Å². The van der Waals surface area contributed by atoms with Crippen LogP contribution >= 0.6 is 0 Å². The number of ketones is 1. The van der Waals surface area contributed by atoms with E-state index in [1.807, 2.05) is 13.8 Å². The molecule has 2 rings (SSSR count). The van der Waals surface area contributed by atoms with Gasteiger partial charge in [-0.3, -0.25) is 9.48 Å². The Balaban J connectivity index is 2.49. The Morgan fingerprint density at radius 3 is 2.68 bits per heavy atom. The molecule has 0 spiro atoms. The molecule has 0 bridgehead atoms. The summed E-state index contributed by atoms with van der Waals surface area (Å²) in [4.78, 5) is 12.3. The van der Waals surface area contributed by atoms with Crippen molar-refractivity contribution in [1.29, 1.82) is 0 Å². The first-order valence-corrected chi connectivity index (χ1v) is 6.13. The van der Waals surface area contributed by atoms with E-state index in [4.69, 9.17) is 0 Å². The number of carbonyl (C=O) groups excluding carboxylic acids is 1. The molecule has 0 amide bonds. The Bertz CT molecular complexity index is 620. The number of benzene rings is 1. The molecule has 0 unspecified atom stereocenters. The number of hydrogen-bond donors (Lipinski definition) is 0. The Labute approximate surface area is 109 Å². The summed E-state index contributed by atoms with van der Waals surface area (Å²) in [5.74, 6) is -2.69. The number of aromatic nitrogens is 2. The average Bonchev–Trinajstić information content (AvgIpc) is 2.84. The molecule has 1 aromatic carbocycles. The van der Waals surface area contributed by atoms with Crippen molar-refractivity contribution in [2.24, 2.45) is 0 Å². The second-order valence-corrected chi connectivity index (χ2v) is 4.12. The van der Waals surface area contributed by atoms with Crippen LogP contribution in [0.5, 0.6) is 0 Å². The molecule has 19 heavy (non-hydrogen) atoms. The Kier molecular flexibility index (Phi) is 3.74. The van der Waals surface area contributed by atoms with Gasteiger partial charge in [0.2, 0.25) is 5.78 Å². The van der Waals surface area contributed by atoms with E-state index in [1.165, 1.54) is 16.8 Å². The number of hydrogen-bond acceptors (Lipinski definition) is 2. The zero-order valence-corrected chi connectivity index (χ0v) is 10.8. The minimum atomic E-state index is -1.12. The van der Waals surface area contributed by atoms with Crippen molar-refractivity contribution in [1.82, 2.24) is 9.78 Å². The fourth-order valence-electron chi connectivity index (χ4n) is 1.88. The van der Waals surface area contributed by atoms with Gasteiger partial charge in [0.1, 0.15) is 5.69 Å². The topological polar surface area (TPSA) is 34.9 Å². The van der Waals surface area contributed by atoms with Crippen molar-refractivity contribution in [2.75, 3.05) is 0 Å². The van der Waals surface area contributed by atoms with E-state index in [0.29, 0.717) is 13.0 Å². The van der Waals surface area contributed by atoms with Crippen molar-refractivity contribution < 1.29 is 13.6 Å². The quantitative estimate of drug-likeness (QED) is 0.796. The van der Waals surface area contributed by atoms with Crippen molar-refractivity contribution in [3.63, 3.8) is 0 Å². The van der Waals surface area contributed by atoms with Crippen LogP contribution in [0, 0.1) is 11.6 Å². The van der Waals surface area contributed by atoms with Gasteiger partial charge in [0.05, 0.1) is 11.3 Å². The maximum Gasteiger partial charge on any atom is 0.214 e. The molecule has 0 aliphatic carbocycles. The third-order valence-corrected chi connectivity index (χ3v) is 2.92. The number of nitrogens with zero attached hydrogens (tertiary/aromatic N) is 2. The van der Waals surface area contributed by atoms with Crippen LogP contribution in [0.25, 0.3) is 0 Å². The highest BCUT2D eigenvalue weighted by atomic mass is 19.2. The van der Waals surface area contributed by atoms with Gasteiger partial charge in [-0.05, 0) is 31.5 Å². The largest absolute Gasteiger partial charge is 0.287 e. The first-order valence-electron chi connectivity index (χ1n) is 6.13. The van der Waals surface area contributed by atoms with E-state index in [2.05, 4.69) is 5.10 Å². The lowest BCUT2D eigenvalue weighted by atomic mass is 10.1. The lowest BCUT2D eigenvalue weighted by Gasteiger charge is -2.05. The summed E-state index contributed by atoms with van der Waals surface area (Å²) in [6.45, 7) is 4.25. The number of carbonyl (C=O) groups is 1. The summed E-state index contributed by atoms with van der Waals surface area (Å²) in [5, 5.41) is 4.23. The van der Waals surface area contributed by atoms with Crippen LogP contribution in [-0.4, -0.2) is 15.6 Å². The fourth-order valence-corrected chi connectivity index (χ4v) is 1.88. The zero-order valence-electron chi connectivity index (χ0n) is 10.8. The summed E-state index contributed by atoms with van der Waals surface area (Å²) >= 11 is 0. The molecule has 1 aromatic heterocycles. The highest BCUT2D eigenvalue weighted by molar-refractivity contribution is 6.08. The fraction of sp³-hybridized carbons (Fsp3) is 0.286. The van der Waals surface area contributed by atoms with Crippen LogP contribution < -0.4 is 0 Å². The third-order valence-electron chi connectivity index (χ3n) is 2.92. The van der Waals surface area contributed by atoms with Crippen LogP contribution in [0.15, 0.2) is 24.3 Å². The highest BCUT2D eigenvalue weighted by Crippen LogP contribution is 2.17. The number of halogens is 2. The summed E-state index contributed by atoms with van der Waals surface area (Å²) in [6, 6.07) is 5.20. The van der Waals surface area contributed by atoms with Gasteiger partial charge < -0.3 is 0 Å². The smallest absolute Gasteiger partial charge is 0.214 e. The molecule has 5 heteroatoms. The summed E-state index contributed by atoms with van der Waals surface area (Å²) in [7, 11) is 0. The molecule has 0 saturated carbocycles. The van der Waals surface area contributed by atoms with Crippen LogP contribution in [0.1, 0.15) is 35.6 Å². The lowest BCUT2D eigenvalue weighted by molar-refractivity contribution is 0.102. The average molecular weight is 264 g/mol. The lowest BCUT2D eigenvalue weighted by Crippen LogP contribution is -2.12. The van der Waals surface area contributed by atoms with E-state index in [1.54, 1.807) is 6.07 Å². The molecule has 3 nitrogen and oxygen atoms in total. The van der Waals surface area contributed by atoms with E-state index < -0.39 is 17.4 Å². The molecule has 0 aliphatic heterocycles. The minimum absolute atomic E-state index is 0.266. The third kappa shape index (κ3) is 2.41. The molecule has 0 radical (unpaired) electrons.